The maximum atomic E-state index is 4.60. The molecule has 2 aromatic rings. The minimum Gasteiger partial charge on any atom is -0.357 e. The average Bonchev–Trinajstić information content (AvgIpc) is 3.07. The van der Waals surface area contributed by atoms with E-state index in [1.54, 1.807) is 12.5 Å². The lowest BCUT2D eigenvalue weighted by molar-refractivity contribution is 0.624. The van der Waals surface area contributed by atoms with E-state index < -0.39 is 0 Å². The lowest BCUT2D eigenvalue weighted by Crippen LogP contribution is -2.41. The number of rotatable bonds is 6. The highest BCUT2D eigenvalue weighted by atomic mass is 15.2. The van der Waals surface area contributed by atoms with Crippen LogP contribution in [0.15, 0.2) is 42.0 Å². The monoisotopic (exact) mass is 300 g/mol. The number of aliphatic imine (C=N–C) groups is 1. The first-order chi connectivity index (χ1) is 10.7. The van der Waals surface area contributed by atoms with Gasteiger partial charge in [0.05, 0.1) is 6.54 Å². The fourth-order valence-corrected chi connectivity index (χ4v) is 1.88. The highest BCUT2D eigenvalue weighted by Crippen LogP contribution is 2.06. The van der Waals surface area contributed by atoms with Crippen molar-refractivity contribution in [1.29, 1.82) is 0 Å². The summed E-state index contributed by atoms with van der Waals surface area (Å²) in [5.41, 5.74) is 1.07. The van der Waals surface area contributed by atoms with Gasteiger partial charge >= 0.3 is 0 Å². The zero-order valence-corrected chi connectivity index (χ0v) is 13.5. The molecule has 0 fully saturated rings. The van der Waals surface area contributed by atoms with Crippen LogP contribution in [0.4, 0.5) is 0 Å². The Hall–Kier alpha value is -2.37. The van der Waals surface area contributed by atoms with Gasteiger partial charge in [-0.3, -0.25) is 4.57 Å². The van der Waals surface area contributed by atoms with Crippen LogP contribution in [0.1, 0.15) is 32.8 Å². The normalized spacial score (nSPS) is 13.0. The first-order valence-corrected chi connectivity index (χ1v) is 7.71. The summed E-state index contributed by atoms with van der Waals surface area (Å²) in [6.45, 7) is 7.81. The number of guanidine groups is 1. The van der Waals surface area contributed by atoms with Crippen molar-refractivity contribution in [3.05, 3.63) is 42.6 Å². The second-order valence-electron chi connectivity index (χ2n) is 5.14. The molecule has 0 aliphatic rings. The second-order valence-corrected chi connectivity index (χ2v) is 5.14. The topological polar surface area (TPSA) is 67.1 Å². The van der Waals surface area contributed by atoms with Crippen LogP contribution in [0.3, 0.4) is 0 Å². The van der Waals surface area contributed by atoms with Crippen molar-refractivity contribution in [3.63, 3.8) is 0 Å². The molecule has 2 heterocycles. The molecule has 2 rings (SSSR count). The van der Waals surface area contributed by atoms with Crippen LogP contribution in [-0.2, 0) is 6.54 Å². The third kappa shape index (κ3) is 4.58. The van der Waals surface area contributed by atoms with E-state index in [9.17, 15) is 0 Å². The summed E-state index contributed by atoms with van der Waals surface area (Å²) < 4.78 is 1.88. The largest absolute Gasteiger partial charge is 0.357 e. The van der Waals surface area contributed by atoms with Crippen LogP contribution in [0.5, 0.6) is 0 Å². The standard InChI is InChI=1S/C16H24N6/c1-4-13(3)21-16(18-5-2)20-11-14-6-7-15(19-10-14)22-9-8-17-12-22/h6-10,12-13H,4-5,11H2,1-3H3,(H2,18,20,21). The third-order valence-corrected chi connectivity index (χ3v) is 3.34. The molecule has 0 aliphatic heterocycles. The van der Waals surface area contributed by atoms with Gasteiger partial charge in [-0.1, -0.05) is 13.0 Å². The second kappa shape index (κ2) is 8.17. The van der Waals surface area contributed by atoms with Crippen LogP contribution in [0, 0.1) is 0 Å². The molecule has 6 heteroatoms. The zero-order valence-electron chi connectivity index (χ0n) is 13.5. The van der Waals surface area contributed by atoms with E-state index in [4.69, 9.17) is 0 Å². The van der Waals surface area contributed by atoms with Crippen LogP contribution < -0.4 is 10.6 Å². The Labute approximate surface area is 131 Å². The SMILES string of the molecule is CCNC(=NCc1ccc(-n2ccnc2)nc1)NC(C)CC. The Morgan fingerprint density at radius 2 is 2.23 bits per heavy atom. The van der Waals surface area contributed by atoms with Crippen LogP contribution >= 0.6 is 0 Å². The van der Waals surface area contributed by atoms with Gasteiger partial charge in [-0.2, -0.15) is 0 Å². The summed E-state index contributed by atoms with van der Waals surface area (Å²) in [4.78, 5) is 13.1. The molecule has 0 radical (unpaired) electrons. The molecule has 2 aromatic heterocycles. The van der Waals surface area contributed by atoms with Gasteiger partial charge in [0, 0.05) is 31.2 Å². The lowest BCUT2D eigenvalue weighted by atomic mass is 10.2. The molecule has 2 N–H and O–H groups in total. The maximum absolute atomic E-state index is 4.60. The summed E-state index contributed by atoms with van der Waals surface area (Å²) in [6, 6.07) is 4.42. The Morgan fingerprint density at radius 1 is 1.36 bits per heavy atom. The number of aromatic nitrogens is 3. The minimum absolute atomic E-state index is 0.402. The van der Waals surface area contributed by atoms with Gasteiger partial charge in [0.2, 0.25) is 0 Å². The van der Waals surface area contributed by atoms with E-state index in [1.165, 1.54) is 0 Å². The third-order valence-electron chi connectivity index (χ3n) is 3.34. The molecule has 1 atom stereocenters. The van der Waals surface area contributed by atoms with Crippen molar-refractivity contribution in [2.45, 2.75) is 39.8 Å². The molecule has 0 spiro atoms. The van der Waals surface area contributed by atoms with E-state index in [1.807, 2.05) is 29.1 Å². The quantitative estimate of drug-likeness (QED) is 0.633. The van der Waals surface area contributed by atoms with Gasteiger partial charge in [0.25, 0.3) is 0 Å². The van der Waals surface area contributed by atoms with Crippen LogP contribution in [-0.4, -0.2) is 33.1 Å². The fourth-order valence-electron chi connectivity index (χ4n) is 1.88. The first-order valence-electron chi connectivity index (χ1n) is 7.71. The number of imidazole rings is 1. The van der Waals surface area contributed by atoms with Crippen molar-refractivity contribution in [1.82, 2.24) is 25.2 Å². The highest BCUT2D eigenvalue weighted by Gasteiger charge is 2.03. The molecule has 0 bridgehead atoms. The number of hydrogen-bond acceptors (Lipinski definition) is 3. The van der Waals surface area contributed by atoms with Crippen molar-refractivity contribution in [2.24, 2.45) is 4.99 Å². The number of hydrogen-bond donors (Lipinski definition) is 2. The molecule has 0 amide bonds. The smallest absolute Gasteiger partial charge is 0.191 e. The lowest BCUT2D eigenvalue weighted by Gasteiger charge is -2.16. The summed E-state index contributed by atoms with van der Waals surface area (Å²) in [5.74, 6) is 1.70. The average molecular weight is 300 g/mol. The van der Waals surface area contributed by atoms with E-state index >= 15 is 0 Å². The number of nitrogens with one attached hydrogen (secondary N) is 2. The van der Waals surface area contributed by atoms with Gasteiger partial charge in [-0.05, 0) is 31.9 Å². The maximum Gasteiger partial charge on any atom is 0.191 e. The van der Waals surface area contributed by atoms with E-state index in [0.29, 0.717) is 12.6 Å². The molecule has 0 saturated heterocycles. The van der Waals surface area contributed by atoms with Gasteiger partial charge in [-0.15, -0.1) is 0 Å². The Kier molecular flexibility index (Phi) is 5.94. The predicted octanol–water partition coefficient (Wildman–Crippen LogP) is 2.12. The summed E-state index contributed by atoms with van der Waals surface area (Å²) in [7, 11) is 0. The summed E-state index contributed by atoms with van der Waals surface area (Å²) in [6.07, 6.45) is 8.26. The minimum atomic E-state index is 0.402. The van der Waals surface area contributed by atoms with Crippen molar-refractivity contribution in [3.8, 4) is 5.82 Å². The summed E-state index contributed by atoms with van der Waals surface area (Å²) in [5, 5.41) is 6.64. The van der Waals surface area contributed by atoms with Crippen LogP contribution in [0.2, 0.25) is 0 Å². The van der Waals surface area contributed by atoms with Crippen LogP contribution in [0.25, 0.3) is 5.82 Å². The molecule has 22 heavy (non-hydrogen) atoms. The van der Waals surface area contributed by atoms with Crippen molar-refractivity contribution < 1.29 is 0 Å². The Morgan fingerprint density at radius 3 is 2.82 bits per heavy atom. The fraction of sp³-hybridized carbons (Fsp3) is 0.438. The predicted molar refractivity (Wildman–Crippen MR) is 89.1 cm³/mol. The number of nitrogens with zero attached hydrogens (tertiary/aromatic N) is 4. The Balaban J connectivity index is 2.00. The van der Waals surface area contributed by atoms with Gasteiger partial charge in [0.15, 0.2) is 5.96 Å². The molecule has 0 saturated carbocycles. The molecule has 6 nitrogen and oxygen atoms in total. The molecular weight excluding hydrogens is 276 g/mol. The van der Waals surface area contributed by atoms with Gasteiger partial charge in [-0.25, -0.2) is 15.0 Å². The molecule has 1 unspecified atom stereocenters. The molecule has 0 aliphatic carbocycles. The number of pyridine rings is 1. The molecule has 0 aromatic carbocycles. The van der Waals surface area contributed by atoms with E-state index in [0.717, 1.165) is 30.3 Å². The van der Waals surface area contributed by atoms with Crippen molar-refractivity contribution >= 4 is 5.96 Å². The van der Waals surface area contributed by atoms with Crippen molar-refractivity contribution in [2.75, 3.05) is 6.54 Å². The molecular formula is C16H24N6. The zero-order chi connectivity index (χ0) is 15.8. The Bertz CT molecular complexity index is 573. The highest BCUT2D eigenvalue weighted by molar-refractivity contribution is 5.80. The van der Waals surface area contributed by atoms with Gasteiger partial charge in [0.1, 0.15) is 12.1 Å². The first kappa shape index (κ1) is 16.0. The molecule has 118 valence electrons. The summed E-state index contributed by atoms with van der Waals surface area (Å²) >= 11 is 0. The van der Waals surface area contributed by atoms with Gasteiger partial charge < -0.3 is 10.6 Å². The van der Waals surface area contributed by atoms with E-state index in [2.05, 4.69) is 46.4 Å². The van der Waals surface area contributed by atoms with E-state index in [-0.39, 0.29) is 0 Å².